The Morgan fingerprint density at radius 1 is 0.677 bits per heavy atom. The van der Waals surface area contributed by atoms with Gasteiger partial charge in [-0.3, -0.25) is 52.7 Å². The molecule has 4 aromatic carbocycles. The minimum absolute atomic E-state index is 0.0225. The summed E-state index contributed by atoms with van der Waals surface area (Å²) in [6, 6.07) is 12.2. The van der Waals surface area contributed by atoms with Gasteiger partial charge < -0.3 is 73.8 Å². The van der Waals surface area contributed by atoms with Crippen LogP contribution in [0.1, 0.15) is 93.0 Å². The van der Waals surface area contributed by atoms with Crippen LogP contribution in [0.4, 0.5) is 8.78 Å². The summed E-state index contributed by atoms with van der Waals surface area (Å²) in [6.07, 6.45) is 2.29. The van der Waals surface area contributed by atoms with Gasteiger partial charge in [0.1, 0.15) is 53.1 Å². The number of nitrogens with one attached hydrogen (secondary N) is 9. The fraction of sp³-hybridized carbons (Fsp3) is 0.418. The average molecular weight is 1360 g/mol. The minimum Gasteiger partial charge on any atom is -0.508 e. The van der Waals surface area contributed by atoms with Gasteiger partial charge in [0.15, 0.2) is 5.78 Å². The normalized spacial score (nSPS) is 22.4. The number of ketones is 1. The molecule has 2 aromatic heterocycles. The van der Waals surface area contributed by atoms with E-state index in [2.05, 4.69) is 47.2 Å². The van der Waals surface area contributed by atoms with E-state index in [1.807, 2.05) is 24.3 Å². The zero-order valence-electron chi connectivity index (χ0n) is 53.1. The number of hydrogen-bond acceptors (Lipinski definition) is 15. The van der Waals surface area contributed by atoms with E-state index in [4.69, 9.17) is 11.5 Å². The van der Waals surface area contributed by atoms with E-state index < -0.39 is 144 Å². The molecule has 0 spiro atoms. The number of H-pyrrole nitrogens is 2. The summed E-state index contributed by atoms with van der Waals surface area (Å²) in [6.45, 7) is 2.17. The lowest BCUT2D eigenvalue weighted by Gasteiger charge is -2.33. The predicted octanol–water partition coefficient (Wildman–Crippen LogP) is 3.32. The Labute approximate surface area is 560 Å². The highest BCUT2D eigenvalue weighted by molar-refractivity contribution is 7.98. The molecule has 2 aliphatic heterocycles. The van der Waals surface area contributed by atoms with Gasteiger partial charge in [0.2, 0.25) is 53.2 Å². The second kappa shape index (κ2) is 33.9. The number of carboxylic acid groups (broad SMARTS) is 1. The van der Waals surface area contributed by atoms with Crippen LogP contribution < -0.4 is 48.7 Å². The van der Waals surface area contributed by atoms with Crippen molar-refractivity contribution in [2.45, 2.75) is 138 Å². The summed E-state index contributed by atoms with van der Waals surface area (Å²) < 4.78 is 29.7. The highest BCUT2D eigenvalue weighted by Gasteiger charge is 2.42. The van der Waals surface area contributed by atoms with Gasteiger partial charge in [0, 0.05) is 95.9 Å². The van der Waals surface area contributed by atoms with Crippen molar-refractivity contribution in [1.82, 2.24) is 52.1 Å². The Morgan fingerprint density at radius 2 is 1.28 bits per heavy atom. The number of halogens is 2. The van der Waals surface area contributed by atoms with Crippen LogP contribution >= 0.6 is 23.5 Å². The van der Waals surface area contributed by atoms with E-state index in [0.29, 0.717) is 70.6 Å². The molecule has 7 atom stereocenters. The fourth-order valence-electron chi connectivity index (χ4n) is 11.5. The lowest BCUT2D eigenvalue weighted by atomic mass is 9.96. The highest BCUT2D eigenvalue weighted by Crippen LogP contribution is 2.28. The molecule has 4 heterocycles. The number of aromatic amines is 2. The van der Waals surface area contributed by atoms with Crippen molar-refractivity contribution in [2.75, 3.05) is 31.1 Å². The molecule has 2 aliphatic rings. The summed E-state index contributed by atoms with van der Waals surface area (Å²) in [5, 5.41) is 39.0. The van der Waals surface area contributed by atoms with E-state index >= 15 is 0 Å². The summed E-state index contributed by atoms with van der Waals surface area (Å²) in [5.74, 6) is -10.7. The molecule has 0 saturated carbocycles. The molecule has 6 aromatic rings. The van der Waals surface area contributed by atoms with Crippen molar-refractivity contribution < 1.29 is 71.7 Å². The molecule has 25 nitrogen and oxygen atoms in total. The van der Waals surface area contributed by atoms with E-state index in [1.54, 1.807) is 0 Å². The maximum atomic E-state index is 14.9. The largest absolute Gasteiger partial charge is 0.508 e. The third-order valence-electron chi connectivity index (χ3n) is 16.7. The number of Topliss-reactive ketones (excluding diaryl/α,β-unsaturated/α-hetero) is 1. The number of phenolic OH excluding ortho intramolecular Hbond substituents is 1. The van der Waals surface area contributed by atoms with Crippen LogP contribution in [0.5, 0.6) is 5.75 Å². The first-order chi connectivity index (χ1) is 45.8. The molecule has 9 amide bonds. The van der Waals surface area contributed by atoms with Gasteiger partial charge in [-0.1, -0.05) is 36.4 Å². The molecule has 0 aliphatic carbocycles. The monoisotopic (exact) mass is 1360 g/mol. The maximum absolute atomic E-state index is 14.9. The van der Waals surface area contributed by atoms with E-state index in [1.165, 1.54) is 115 Å². The zero-order chi connectivity index (χ0) is 69.2. The molecule has 2 bridgehead atoms. The number of carboxylic acids is 1. The quantitative estimate of drug-likeness (QED) is 0.0738. The number of aromatic nitrogens is 2. The number of carbonyl (C=O) groups excluding carboxylic acids is 10. The van der Waals surface area contributed by atoms with Crippen molar-refractivity contribution in [3.8, 4) is 5.75 Å². The van der Waals surface area contributed by atoms with Crippen molar-refractivity contribution >= 4 is 110 Å². The molecule has 29 heteroatoms. The number of phenols is 1. The van der Waals surface area contributed by atoms with Gasteiger partial charge in [0.05, 0.1) is 24.9 Å². The highest BCUT2D eigenvalue weighted by atomic mass is 32.2. The van der Waals surface area contributed by atoms with Gasteiger partial charge in [-0.15, -0.1) is 0 Å². The first-order valence-corrected chi connectivity index (χ1v) is 33.8. The average Bonchev–Trinajstić information content (AvgIpc) is 1.44. The Morgan fingerprint density at radius 3 is 1.90 bits per heavy atom. The molecule has 1 saturated heterocycles. The molecular formula is C67H80F2N12O13S2. The molecular weight excluding hydrogens is 1280 g/mol. The van der Waals surface area contributed by atoms with Crippen LogP contribution in [0.3, 0.4) is 0 Å². The number of rotatable bonds is 13. The Balaban J connectivity index is 1.11. The summed E-state index contributed by atoms with van der Waals surface area (Å²) in [7, 11) is 0. The van der Waals surface area contributed by atoms with Crippen molar-refractivity contribution in [3.05, 3.63) is 137 Å². The van der Waals surface area contributed by atoms with E-state index in [0.717, 1.165) is 11.1 Å². The van der Waals surface area contributed by atoms with Gasteiger partial charge >= 0.3 is 5.97 Å². The number of primary amides is 1. The van der Waals surface area contributed by atoms with Crippen LogP contribution in [0, 0.1) is 17.6 Å². The van der Waals surface area contributed by atoms with Crippen molar-refractivity contribution in [3.63, 3.8) is 0 Å². The number of amides is 9. The Bertz CT molecular complexity index is 3850. The first kappa shape index (κ1) is 72.5. The number of aliphatic carboxylic acids is 1. The number of hydrogen-bond donors (Lipinski definition) is 13. The third kappa shape index (κ3) is 20.3. The SMILES string of the molecule is CC1(C)NC(=O)[C@H](CC(=O)O)NC(=O)[C@H](Cc2c[nH]c3ccc(F)cc23)NC(=O)[C@H](Cc2c[nH]c3ccc(F)cc23)NC(=O)CNC(=O)[C@H](CCCCN)NC(=O)CCSCc2cccc(c2)CSC[C@@H](C(N)=O)CC(=O)[C@@H]2CCCN2C(=O)[C@H](Cc2ccc(O)cc2)NC1=O. The lowest BCUT2D eigenvalue weighted by Crippen LogP contribution is -2.63. The van der Waals surface area contributed by atoms with Crippen molar-refractivity contribution in [2.24, 2.45) is 17.4 Å². The van der Waals surface area contributed by atoms with Crippen molar-refractivity contribution in [1.29, 1.82) is 0 Å². The van der Waals surface area contributed by atoms with E-state index in [9.17, 15) is 71.7 Å². The predicted molar refractivity (Wildman–Crippen MR) is 356 cm³/mol. The molecule has 1 fully saturated rings. The number of carbonyl (C=O) groups is 11. The summed E-state index contributed by atoms with van der Waals surface area (Å²) in [5.41, 5.74) is 13.4. The number of thioether (sulfide) groups is 2. The smallest absolute Gasteiger partial charge is 0.305 e. The standard InChI is InChI=1S/C67H80F2N12O13S2/c1-67(2)66(94)79-54(24-37-11-15-45(82)16-12-37)65(93)81-21-6-10-55(81)56(83)27-42(60(71)88)36-96-35-39-8-5-7-38(23-39)34-95-22-19-57(84)75-50(9-3-4-20-70)61(89)74-33-58(85)76-51(25-40-31-72-48-17-13-43(68)28-46(40)48)62(90)77-52(63(91)78-53(30-59(86)87)64(92)80-67)26-41-32-73-49-18-14-44(69)29-47(41)49/h5,7-8,11-18,23,28-29,31-32,42,50-55,72-73,82H,3-4,6,9-10,19-22,24-27,30,33-36,70H2,1-2H3,(H2,71,88)(H,74,89)(H,75,84)(H,76,85)(H,77,90)(H,78,91)(H,79,94)(H,80,92)(H,86,87)/t42-,50-,51-,52-,53-,54-,55-/m0/s1. The number of unbranched alkanes of at least 4 members (excludes halogenated alkanes) is 1. The number of nitrogens with zero attached hydrogens (tertiary/aromatic N) is 1. The molecule has 96 heavy (non-hydrogen) atoms. The number of benzene rings is 4. The second-order valence-electron chi connectivity index (χ2n) is 24.5. The van der Waals surface area contributed by atoms with Crippen LogP contribution in [0.15, 0.2) is 97.3 Å². The van der Waals surface area contributed by atoms with Gasteiger partial charge in [-0.2, -0.15) is 23.5 Å². The van der Waals surface area contributed by atoms with Crippen LogP contribution in [-0.2, 0) is 83.5 Å². The zero-order valence-corrected chi connectivity index (χ0v) is 54.7. The third-order valence-corrected chi connectivity index (χ3v) is 18.9. The van der Waals surface area contributed by atoms with Crippen LogP contribution in [0.2, 0.25) is 0 Å². The van der Waals surface area contributed by atoms with E-state index in [-0.39, 0.29) is 67.5 Å². The number of fused-ring (bicyclic) bond motifs is 5. The summed E-state index contributed by atoms with van der Waals surface area (Å²) >= 11 is 2.87. The second-order valence-corrected chi connectivity index (χ2v) is 26.6. The van der Waals surface area contributed by atoms with Crippen LogP contribution in [0.25, 0.3) is 21.8 Å². The fourth-order valence-corrected chi connectivity index (χ4v) is 13.5. The first-order valence-electron chi connectivity index (χ1n) is 31.5. The van der Waals surface area contributed by atoms with Crippen LogP contribution in [-0.4, -0.2) is 163 Å². The Kier molecular flexibility index (Phi) is 25.6. The molecule has 8 rings (SSSR count). The lowest BCUT2D eigenvalue weighted by molar-refractivity contribution is -0.143. The molecule has 0 radical (unpaired) electrons. The molecule has 0 unspecified atom stereocenters. The van der Waals surface area contributed by atoms with Gasteiger partial charge in [0.25, 0.3) is 0 Å². The van der Waals surface area contributed by atoms with Gasteiger partial charge in [-0.05, 0) is 129 Å². The Hall–Kier alpha value is -9.35. The van der Waals surface area contributed by atoms with Gasteiger partial charge in [-0.25, -0.2) is 8.78 Å². The minimum atomic E-state index is -2.01. The number of aromatic hydroxyl groups is 1. The summed E-state index contributed by atoms with van der Waals surface area (Å²) in [4.78, 5) is 162. The topological polar surface area (TPSA) is 399 Å². The molecule has 15 N–H and O–H groups in total. The maximum Gasteiger partial charge on any atom is 0.305 e. The number of nitrogens with two attached hydrogens (primary N) is 2. The molecule has 512 valence electrons.